The highest BCUT2D eigenvalue weighted by Gasteiger charge is 2.08. The lowest BCUT2D eigenvalue weighted by Gasteiger charge is -2.10. The zero-order valence-corrected chi connectivity index (χ0v) is 11.7. The maximum absolute atomic E-state index is 12.0. The van der Waals surface area contributed by atoms with Gasteiger partial charge >= 0.3 is 0 Å². The van der Waals surface area contributed by atoms with Crippen LogP contribution in [0.15, 0.2) is 41.2 Å². The highest BCUT2D eigenvalue weighted by atomic mass is 16.2. The largest absolute Gasteiger partial charge is 0.326 e. The normalized spacial score (nSPS) is 10.0. The number of carbonyl (C=O) groups excluding carboxylic acids is 2. The third-order valence-electron chi connectivity index (χ3n) is 2.81. The van der Waals surface area contributed by atoms with Crippen LogP contribution < -0.4 is 16.2 Å². The van der Waals surface area contributed by atoms with Gasteiger partial charge in [-0.2, -0.15) is 0 Å². The fourth-order valence-corrected chi connectivity index (χ4v) is 1.85. The van der Waals surface area contributed by atoms with E-state index < -0.39 is 5.91 Å². The topological polar surface area (TPSA) is 91.1 Å². The van der Waals surface area contributed by atoms with Crippen LogP contribution in [-0.2, 0) is 4.79 Å². The van der Waals surface area contributed by atoms with Crippen molar-refractivity contribution in [2.45, 2.75) is 13.8 Å². The van der Waals surface area contributed by atoms with E-state index in [2.05, 4.69) is 15.6 Å². The van der Waals surface area contributed by atoms with E-state index in [4.69, 9.17) is 0 Å². The predicted octanol–water partition coefficient (Wildman–Crippen LogP) is 1.89. The Bertz CT molecular complexity index is 750. The molecule has 0 aliphatic rings. The van der Waals surface area contributed by atoms with Crippen molar-refractivity contribution >= 4 is 23.2 Å². The van der Waals surface area contributed by atoms with E-state index in [-0.39, 0.29) is 17.2 Å². The zero-order chi connectivity index (χ0) is 15.4. The Morgan fingerprint density at radius 1 is 1.10 bits per heavy atom. The number of nitrogens with one attached hydrogen (secondary N) is 3. The minimum atomic E-state index is -0.403. The number of rotatable bonds is 3. The van der Waals surface area contributed by atoms with E-state index in [0.717, 1.165) is 5.56 Å². The molecule has 0 atom stereocenters. The molecule has 6 nitrogen and oxygen atoms in total. The maximum Gasteiger partial charge on any atom is 0.272 e. The molecule has 21 heavy (non-hydrogen) atoms. The summed E-state index contributed by atoms with van der Waals surface area (Å²) in [4.78, 5) is 36.6. The van der Waals surface area contributed by atoms with Gasteiger partial charge in [0.05, 0.1) is 0 Å². The number of amides is 2. The first-order valence-corrected chi connectivity index (χ1v) is 6.34. The molecule has 0 unspecified atom stereocenters. The molecule has 3 N–H and O–H groups in total. The van der Waals surface area contributed by atoms with Gasteiger partial charge in [0.2, 0.25) is 11.5 Å². The van der Waals surface area contributed by atoms with Crippen molar-refractivity contribution in [1.29, 1.82) is 0 Å². The summed E-state index contributed by atoms with van der Waals surface area (Å²) in [5.41, 5.74) is 1.94. The minimum Gasteiger partial charge on any atom is -0.326 e. The van der Waals surface area contributed by atoms with E-state index in [0.29, 0.717) is 11.4 Å². The summed E-state index contributed by atoms with van der Waals surface area (Å²) in [5.74, 6) is -0.559. The van der Waals surface area contributed by atoms with Gasteiger partial charge in [0.1, 0.15) is 5.69 Å². The molecular formula is C15H15N3O3. The molecule has 0 radical (unpaired) electrons. The summed E-state index contributed by atoms with van der Waals surface area (Å²) < 4.78 is 0. The Labute approximate surface area is 121 Å². The van der Waals surface area contributed by atoms with Gasteiger partial charge in [0.15, 0.2) is 0 Å². The van der Waals surface area contributed by atoms with Crippen LogP contribution in [0.2, 0.25) is 0 Å². The molecule has 0 aliphatic heterocycles. The lowest BCUT2D eigenvalue weighted by molar-refractivity contribution is -0.114. The van der Waals surface area contributed by atoms with Gasteiger partial charge in [-0.3, -0.25) is 14.4 Å². The van der Waals surface area contributed by atoms with Crippen LogP contribution in [0, 0.1) is 6.92 Å². The van der Waals surface area contributed by atoms with E-state index in [1.54, 1.807) is 18.2 Å². The minimum absolute atomic E-state index is 0.156. The number of aryl methyl sites for hydroxylation is 1. The molecule has 6 heteroatoms. The van der Waals surface area contributed by atoms with Crippen molar-refractivity contribution in [3.05, 3.63) is 58.0 Å². The quantitative estimate of drug-likeness (QED) is 0.804. The second kappa shape index (κ2) is 6.04. The van der Waals surface area contributed by atoms with Gasteiger partial charge in [0, 0.05) is 24.4 Å². The lowest BCUT2D eigenvalue weighted by Crippen LogP contribution is -2.18. The molecule has 2 aromatic rings. The van der Waals surface area contributed by atoms with Crippen LogP contribution in [0.3, 0.4) is 0 Å². The number of hydrogen-bond donors (Lipinski definition) is 3. The average molecular weight is 285 g/mol. The third kappa shape index (κ3) is 3.79. The van der Waals surface area contributed by atoms with Crippen LogP contribution in [0.5, 0.6) is 0 Å². The molecule has 2 rings (SSSR count). The predicted molar refractivity (Wildman–Crippen MR) is 80.5 cm³/mol. The zero-order valence-electron chi connectivity index (χ0n) is 11.7. The van der Waals surface area contributed by atoms with Crippen LogP contribution in [-0.4, -0.2) is 16.8 Å². The Hall–Kier alpha value is -2.89. The molecule has 0 fully saturated rings. The van der Waals surface area contributed by atoms with Gasteiger partial charge in [-0.25, -0.2) is 0 Å². The molecule has 0 saturated carbocycles. The first-order valence-electron chi connectivity index (χ1n) is 6.34. The molecule has 1 aromatic carbocycles. The highest BCUT2D eigenvalue weighted by molar-refractivity contribution is 6.03. The molecule has 0 spiro atoms. The molecule has 108 valence electrons. The second-order valence-corrected chi connectivity index (χ2v) is 4.59. The first kappa shape index (κ1) is 14.5. The molecule has 1 aromatic heterocycles. The van der Waals surface area contributed by atoms with E-state index in [9.17, 15) is 14.4 Å². The molecule has 0 saturated heterocycles. The Morgan fingerprint density at radius 2 is 1.86 bits per heavy atom. The van der Waals surface area contributed by atoms with Gasteiger partial charge in [-0.05, 0) is 36.8 Å². The van der Waals surface area contributed by atoms with Crippen molar-refractivity contribution in [1.82, 2.24) is 4.98 Å². The van der Waals surface area contributed by atoms with E-state index in [1.165, 1.54) is 25.1 Å². The summed E-state index contributed by atoms with van der Waals surface area (Å²) >= 11 is 0. The van der Waals surface area contributed by atoms with Crippen molar-refractivity contribution in [2.24, 2.45) is 0 Å². The van der Waals surface area contributed by atoms with Gasteiger partial charge in [-0.1, -0.05) is 6.07 Å². The number of aromatic nitrogens is 1. The second-order valence-electron chi connectivity index (χ2n) is 4.59. The molecule has 2 amide bonds. The molecular weight excluding hydrogens is 270 g/mol. The Kier molecular flexibility index (Phi) is 4.18. The number of anilines is 2. The fourth-order valence-electron chi connectivity index (χ4n) is 1.85. The van der Waals surface area contributed by atoms with E-state index >= 15 is 0 Å². The molecule has 1 heterocycles. The monoisotopic (exact) mass is 285 g/mol. The smallest absolute Gasteiger partial charge is 0.272 e. The number of benzene rings is 1. The first-order chi connectivity index (χ1) is 9.95. The van der Waals surface area contributed by atoms with Crippen LogP contribution in [0.25, 0.3) is 0 Å². The standard InChI is InChI=1S/C15H15N3O3/c1-9-8-11(6-7-12(9)16-10(2)19)17-15(21)13-4-3-5-14(20)18-13/h3-8H,1-2H3,(H,16,19)(H,17,21)(H,18,20). The summed E-state index contributed by atoms with van der Waals surface area (Å²) in [6.07, 6.45) is 0. The fraction of sp³-hybridized carbons (Fsp3) is 0.133. The number of hydrogen-bond acceptors (Lipinski definition) is 3. The summed E-state index contributed by atoms with van der Waals surface area (Å²) in [6.45, 7) is 3.26. The Morgan fingerprint density at radius 3 is 2.48 bits per heavy atom. The average Bonchev–Trinajstić information content (AvgIpc) is 2.41. The van der Waals surface area contributed by atoms with Crippen molar-refractivity contribution < 1.29 is 9.59 Å². The number of aromatic amines is 1. The SMILES string of the molecule is CC(=O)Nc1ccc(NC(=O)c2cccc(=O)[nH]2)cc1C. The Balaban J connectivity index is 2.16. The van der Waals surface area contributed by atoms with Crippen LogP contribution in [0.1, 0.15) is 23.0 Å². The summed E-state index contributed by atoms with van der Waals surface area (Å²) in [5, 5.41) is 5.38. The summed E-state index contributed by atoms with van der Waals surface area (Å²) in [7, 11) is 0. The molecule has 0 aliphatic carbocycles. The maximum atomic E-state index is 12.0. The molecule has 0 bridgehead atoms. The number of carbonyl (C=O) groups is 2. The van der Waals surface area contributed by atoms with Gasteiger partial charge in [0.25, 0.3) is 5.91 Å². The van der Waals surface area contributed by atoms with E-state index in [1.807, 2.05) is 6.92 Å². The number of pyridine rings is 1. The van der Waals surface area contributed by atoms with Crippen molar-refractivity contribution in [3.63, 3.8) is 0 Å². The van der Waals surface area contributed by atoms with Gasteiger partial charge in [-0.15, -0.1) is 0 Å². The van der Waals surface area contributed by atoms with Crippen molar-refractivity contribution in [2.75, 3.05) is 10.6 Å². The van der Waals surface area contributed by atoms with Crippen LogP contribution >= 0.6 is 0 Å². The summed E-state index contributed by atoms with van der Waals surface area (Å²) in [6, 6.07) is 9.50. The van der Waals surface area contributed by atoms with Crippen LogP contribution in [0.4, 0.5) is 11.4 Å². The van der Waals surface area contributed by atoms with Crippen molar-refractivity contribution in [3.8, 4) is 0 Å². The third-order valence-corrected chi connectivity index (χ3v) is 2.81. The lowest BCUT2D eigenvalue weighted by atomic mass is 10.1. The number of H-pyrrole nitrogens is 1. The highest BCUT2D eigenvalue weighted by Crippen LogP contribution is 2.20. The van der Waals surface area contributed by atoms with Gasteiger partial charge < -0.3 is 15.6 Å².